The molecule has 0 aliphatic rings. The molecule has 0 saturated heterocycles. The van der Waals surface area contributed by atoms with E-state index in [0.29, 0.717) is 0 Å². The minimum Gasteiger partial charge on any atom is -0.480 e. The lowest BCUT2D eigenvalue weighted by Crippen LogP contribution is -2.09. The summed E-state index contributed by atoms with van der Waals surface area (Å²) in [6.07, 6.45) is 1.21. The van der Waals surface area contributed by atoms with Crippen LogP contribution in [0.4, 0.5) is 4.39 Å². The first kappa shape index (κ1) is 11.5. The van der Waals surface area contributed by atoms with Crippen LogP contribution in [0.3, 0.4) is 0 Å². The highest BCUT2D eigenvalue weighted by atomic mass is 35.5. The normalized spacial score (nSPS) is 10.5. The van der Waals surface area contributed by atoms with E-state index in [1.807, 2.05) is 0 Å². The summed E-state index contributed by atoms with van der Waals surface area (Å²) in [5.74, 6) is -1.54. The minimum absolute atomic E-state index is 0.0642. The second-order valence-corrected chi connectivity index (χ2v) is 3.66. The van der Waals surface area contributed by atoms with Crippen molar-refractivity contribution in [3.05, 3.63) is 35.4 Å². The third-order valence-corrected chi connectivity index (χ3v) is 2.34. The van der Waals surface area contributed by atoms with Crippen molar-refractivity contribution in [1.82, 2.24) is 14.8 Å². The van der Waals surface area contributed by atoms with Crippen LogP contribution in [0.25, 0.3) is 11.4 Å². The summed E-state index contributed by atoms with van der Waals surface area (Å²) >= 11 is 5.83. The quantitative estimate of drug-likeness (QED) is 0.908. The van der Waals surface area contributed by atoms with E-state index in [9.17, 15) is 9.18 Å². The first-order chi connectivity index (χ1) is 8.08. The van der Waals surface area contributed by atoms with Crippen molar-refractivity contribution in [1.29, 1.82) is 0 Å². The second-order valence-electron chi connectivity index (χ2n) is 3.26. The van der Waals surface area contributed by atoms with E-state index < -0.39 is 11.8 Å². The summed E-state index contributed by atoms with van der Waals surface area (Å²) in [5.41, 5.74) is 0.0679. The zero-order valence-corrected chi connectivity index (χ0v) is 9.23. The highest BCUT2D eigenvalue weighted by molar-refractivity contribution is 6.33. The molecule has 1 heterocycles. The minimum atomic E-state index is -1.05. The van der Waals surface area contributed by atoms with Crippen LogP contribution in [0.1, 0.15) is 0 Å². The van der Waals surface area contributed by atoms with Crippen LogP contribution in [0.5, 0.6) is 0 Å². The van der Waals surface area contributed by atoms with Crippen molar-refractivity contribution in [2.75, 3.05) is 0 Å². The number of hydrogen-bond acceptors (Lipinski definition) is 3. The maximum Gasteiger partial charge on any atom is 0.325 e. The molecule has 7 heteroatoms. The van der Waals surface area contributed by atoms with Gasteiger partial charge in [0.15, 0.2) is 5.82 Å². The zero-order chi connectivity index (χ0) is 12.4. The molecule has 1 aromatic heterocycles. The molecule has 1 aromatic carbocycles. The molecule has 0 atom stereocenters. The van der Waals surface area contributed by atoms with E-state index in [1.54, 1.807) is 0 Å². The number of halogens is 2. The number of aromatic nitrogens is 3. The van der Waals surface area contributed by atoms with Crippen molar-refractivity contribution >= 4 is 17.6 Å². The van der Waals surface area contributed by atoms with Crippen LogP contribution in [-0.2, 0) is 11.3 Å². The monoisotopic (exact) mass is 255 g/mol. The number of benzene rings is 1. The Morgan fingerprint density at radius 2 is 2.29 bits per heavy atom. The first-order valence-electron chi connectivity index (χ1n) is 4.63. The number of carboxylic acids is 1. The van der Waals surface area contributed by atoms with Gasteiger partial charge < -0.3 is 5.11 Å². The number of hydrogen-bond donors (Lipinski definition) is 1. The summed E-state index contributed by atoms with van der Waals surface area (Å²) < 4.78 is 14.6. The molecule has 0 aliphatic heterocycles. The molecule has 5 nitrogen and oxygen atoms in total. The summed E-state index contributed by atoms with van der Waals surface area (Å²) in [5, 5.41) is 12.6. The van der Waals surface area contributed by atoms with Gasteiger partial charge in [-0.15, -0.1) is 0 Å². The average molecular weight is 256 g/mol. The fourth-order valence-electron chi connectivity index (χ4n) is 1.34. The van der Waals surface area contributed by atoms with Gasteiger partial charge in [0.1, 0.15) is 18.7 Å². The Morgan fingerprint density at radius 1 is 1.53 bits per heavy atom. The number of rotatable bonds is 3. The molecule has 88 valence electrons. The predicted octanol–water partition coefficient (Wildman–Crippen LogP) is 1.82. The third-order valence-electron chi connectivity index (χ3n) is 2.02. The number of aliphatic carboxylic acids is 1. The molecule has 2 rings (SSSR count). The number of nitrogens with zero attached hydrogens (tertiary/aromatic N) is 3. The van der Waals surface area contributed by atoms with Crippen LogP contribution in [0.2, 0.25) is 5.02 Å². The molecule has 0 spiro atoms. The second kappa shape index (κ2) is 4.50. The molecular formula is C10H7ClFN3O2. The first-order valence-corrected chi connectivity index (χ1v) is 5.01. The van der Waals surface area contributed by atoms with E-state index in [4.69, 9.17) is 16.7 Å². The topological polar surface area (TPSA) is 68.0 Å². The summed E-state index contributed by atoms with van der Waals surface area (Å²) in [7, 11) is 0. The number of carboxylic acid groups (broad SMARTS) is 1. The van der Waals surface area contributed by atoms with E-state index in [0.717, 1.165) is 4.68 Å². The highest BCUT2D eigenvalue weighted by Crippen LogP contribution is 2.27. The van der Waals surface area contributed by atoms with E-state index >= 15 is 0 Å². The Morgan fingerprint density at radius 3 is 2.94 bits per heavy atom. The van der Waals surface area contributed by atoms with Gasteiger partial charge in [-0.25, -0.2) is 14.1 Å². The molecule has 0 amide bonds. The lowest BCUT2D eigenvalue weighted by Gasteiger charge is -2.00. The van der Waals surface area contributed by atoms with E-state index in [-0.39, 0.29) is 23.0 Å². The molecule has 0 saturated carbocycles. The smallest absolute Gasteiger partial charge is 0.325 e. The van der Waals surface area contributed by atoms with Crippen LogP contribution < -0.4 is 0 Å². The Hall–Kier alpha value is -1.95. The van der Waals surface area contributed by atoms with Gasteiger partial charge in [-0.1, -0.05) is 17.7 Å². The van der Waals surface area contributed by atoms with E-state index in [2.05, 4.69) is 10.1 Å². The number of carbonyl (C=O) groups is 1. The molecule has 0 bridgehead atoms. The molecule has 17 heavy (non-hydrogen) atoms. The molecule has 0 radical (unpaired) electrons. The summed E-state index contributed by atoms with van der Waals surface area (Å²) in [6.45, 7) is -0.334. The molecule has 0 fully saturated rings. The summed E-state index contributed by atoms with van der Waals surface area (Å²) in [4.78, 5) is 14.3. The van der Waals surface area contributed by atoms with Gasteiger partial charge in [0.05, 0.1) is 10.6 Å². The predicted molar refractivity (Wildman–Crippen MR) is 58.1 cm³/mol. The third kappa shape index (κ3) is 2.42. The molecular weight excluding hydrogens is 249 g/mol. The van der Waals surface area contributed by atoms with E-state index in [1.165, 1.54) is 24.5 Å². The van der Waals surface area contributed by atoms with Crippen molar-refractivity contribution in [2.45, 2.75) is 6.54 Å². The Labute approximate surface area is 100 Å². The average Bonchev–Trinajstić information content (AvgIpc) is 2.65. The fraction of sp³-hybridized carbons (Fsp3) is 0.100. The Kier molecular flexibility index (Phi) is 3.06. The van der Waals surface area contributed by atoms with Crippen LogP contribution in [0, 0.1) is 5.82 Å². The maximum absolute atomic E-state index is 13.5. The standard InChI is InChI=1S/C10H7ClFN3O2/c11-6-2-1-3-7(12)9(6)10-13-5-15(14-10)4-8(16)17/h1-3,5H,4H2,(H,16,17). The van der Waals surface area contributed by atoms with Crippen LogP contribution in [0.15, 0.2) is 24.5 Å². The Balaban J connectivity index is 2.40. The van der Waals surface area contributed by atoms with Crippen molar-refractivity contribution < 1.29 is 14.3 Å². The highest BCUT2D eigenvalue weighted by Gasteiger charge is 2.14. The van der Waals surface area contributed by atoms with Crippen molar-refractivity contribution in [3.8, 4) is 11.4 Å². The maximum atomic E-state index is 13.5. The van der Waals surface area contributed by atoms with Crippen LogP contribution >= 0.6 is 11.6 Å². The van der Waals surface area contributed by atoms with Gasteiger partial charge in [-0.05, 0) is 12.1 Å². The van der Waals surface area contributed by atoms with Gasteiger partial charge in [0.25, 0.3) is 0 Å². The van der Waals surface area contributed by atoms with Gasteiger partial charge in [0, 0.05) is 0 Å². The zero-order valence-electron chi connectivity index (χ0n) is 8.47. The van der Waals surface area contributed by atoms with Crippen LogP contribution in [-0.4, -0.2) is 25.8 Å². The SMILES string of the molecule is O=C(O)Cn1cnc(-c2c(F)cccc2Cl)n1. The lowest BCUT2D eigenvalue weighted by atomic mass is 10.2. The lowest BCUT2D eigenvalue weighted by molar-refractivity contribution is -0.137. The fourth-order valence-corrected chi connectivity index (χ4v) is 1.58. The van der Waals surface area contributed by atoms with Gasteiger partial charge in [0.2, 0.25) is 0 Å². The largest absolute Gasteiger partial charge is 0.480 e. The summed E-state index contributed by atoms with van der Waals surface area (Å²) in [6, 6.07) is 4.21. The molecule has 0 unspecified atom stereocenters. The Bertz CT molecular complexity index is 550. The molecule has 1 N–H and O–H groups in total. The van der Waals surface area contributed by atoms with Gasteiger partial charge in [-0.2, -0.15) is 5.10 Å². The molecule has 2 aromatic rings. The van der Waals surface area contributed by atoms with Crippen molar-refractivity contribution in [3.63, 3.8) is 0 Å². The van der Waals surface area contributed by atoms with Gasteiger partial charge >= 0.3 is 5.97 Å². The van der Waals surface area contributed by atoms with Gasteiger partial charge in [-0.3, -0.25) is 4.79 Å². The molecule has 0 aliphatic carbocycles. The van der Waals surface area contributed by atoms with Crippen molar-refractivity contribution in [2.24, 2.45) is 0 Å².